The molecule has 1 saturated carbocycles. The number of ether oxygens (including phenoxy) is 1. The molecule has 1 fully saturated rings. The number of alkyl halides is 1. The molecule has 0 atom stereocenters. The minimum atomic E-state index is 0.532. The van der Waals surface area contributed by atoms with E-state index in [0.29, 0.717) is 18.4 Å². The van der Waals surface area contributed by atoms with Crippen LogP contribution in [0.15, 0.2) is 42.5 Å². The summed E-state index contributed by atoms with van der Waals surface area (Å²) in [6.45, 7) is 4.23. The van der Waals surface area contributed by atoms with Gasteiger partial charge in [0.1, 0.15) is 12.4 Å². The van der Waals surface area contributed by atoms with Gasteiger partial charge in [0, 0.05) is 11.4 Å². The molecule has 1 aliphatic rings. The lowest BCUT2D eigenvalue weighted by atomic mass is 9.83. The summed E-state index contributed by atoms with van der Waals surface area (Å²) in [4.78, 5) is 0. The van der Waals surface area contributed by atoms with Crippen LogP contribution in [-0.4, -0.2) is 12.5 Å². The van der Waals surface area contributed by atoms with Gasteiger partial charge in [-0.3, -0.25) is 0 Å². The lowest BCUT2D eigenvalue weighted by Gasteiger charge is -2.23. The van der Waals surface area contributed by atoms with Crippen LogP contribution in [0.3, 0.4) is 0 Å². The fraction of sp³-hybridized carbons (Fsp3) is 0.444. The van der Waals surface area contributed by atoms with Gasteiger partial charge in [0.25, 0.3) is 0 Å². The molecule has 1 aromatic rings. The van der Waals surface area contributed by atoms with E-state index >= 15 is 0 Å². The fourth-order valence-electron chi connectivity index (χ4n) is 2.82. The molecule has 0 spiro atoms. The number of rotatable bonds is 6. The van der Waals surface area contributed by atoms with Crippen molar-refractivity contribution in [2.24, 2.45) is 5.92 Å². The maximum Gasteiger partial charge on any atom is 0.126 e. The normalized spacial score (nSPS) is 16.9. The molecule has 0 amide bonds. The lowest BCUT2D eigenvalue weighted by molar-refractivity contribution is 0.362. The van der Waals surface area contributed by atoms with Gasteiger partial charge in [-0.1, -0.05) is 61.8 Å². The number of hydrogen-bond acceptors (Lipinski definition) is 1. The van der Waals surface area contributed by atoms with Crippen LogP contribution in [0.2, 0.25) is 0 Å². The third-order valence-electron chi connectivity index (χ3n) is 3.90. The summed E-state index contributed by atoms with van der Waals surface area (Å²) < 4.78 is 5.71. The van der Waals surface area contributed by atoms with Crippen LogP contribution >= 0.6 is 11.6 Å². The van der Waals surface area contributed by atoms with Crippen molar-refractivity contribution >= 4 is 17.7 Å². The average molecular weight is 291 g/mol. The van der Waals surface area contributed by atoms with Crippen LogP contribution in [0, 0.1) is 5.92 Å². The maximum atomic E-state index is 6.18. The van der Waals surface area contributed by atoms with Gasteiger partial charge in [-0.2, -0.15) is 0 Å². The van der Waals surface area contributed by atoms with E-state index in [1.807, 2.05) is 18.2 Å². The maximum absolute atomic E-state index is 6.18. The van der Waals surface area contributed by atoms with Crippen molar-refractivity contribution in [1.29, 1.82) is 0 Å². The SMILES string of the molecule is C=CCOc1ccccc1/C=C(/CCl)C1CCCCC1. The molecule has 0 unspecified atom stereocenters. The van der Waals surface area contributed by atoms with Gasteiger partial charge in [0.15, 0.2) is 0 Å². The minimum Gasteiger partial charge on any atom is -0.489 e. The third-order valence-corrected chi connectivity index (χ3v) is 4.21. The average Bonchev–Trinajstić information content (AvgIpc) is 2.52. The first-order valence-corrected chi connectivity index (χ1v) is 7.97. The third kappa shape index (κ3) is 4.14. The second kappa shape index (κ2) is 8.16. The van der Waals surface area contributed by atoms with Gasteiger partial charge in [0.2, 0.25) is 0 Å². The lowest BCUT2D eigenvalue weighted by Crippen LogP contribution is -2.10. The molecule has 0 N–H and O–H groups in total. The second-order valence-electron chi connectivity index (χ2n) is 5.33. The van der Waals surface area contributed by atoms with Gasteiger partial charge >= 0.3 is 0 Å². The van der Waals surface area contributed by atoms with E-state index in [1.54, 1.807) is 6.08 Å². The number of para-hydroxylation sites is 1. The molecule has 1 nitrogen and oxygen atoms in total. The Morgan fingerprint density at radius 1 is 1.25 bits per heavy atom. The summed E-state index contributed by atoms with van der Waals surface area (Å²) in [6, 6.07) is 8.13. The first-order valence-electron chi connectivity index (χ1n) is 7.44. The van der Waals surface area contributed by atoms with E-state index in [2.05, 4.69) is 18.7 Å². The van der Waals surface area contributed by atoms with Crippen LogP contribution in [0.4, 0.5) is 0 Å². The Balaban J connectivity index is 2.19. The number of benzene rings is 1. The molecule has 108 valence electrons. The highest BCUT2D eigenvalue weighted by Crippen LogP contribution is 2.32. The molecule has 2 rings (SSSR count). The molecule has 0 bridgehead atoms. The van der Waals surface area contributed by atoms with Crippen LogP contribution in [0.5, 0.6) is 5.75 Å². The summed E-state index contributed by atoms with van der Waals surface area (Å²) in [7, 11) is 0. The first kappa shape index (κ1) is 15.2. The molecule has 0 saturated heterocycles. The monoisotopic (exact) mass is 290 g/mol. The van der Waals surface area contributed by atoms with Gasteiger partial charge in [0.05, 0.1) is 0 Å². The molecule has 0 heterocycles. The van der Waals surface area contributed by atoms with E-state index in [9.17, 15) is 0 Å². The number of allylic oxidation sites excluding steroid dienone is 1. The van der Waals surface area contributed by atoms with Crippen LogP contribution in [0.1, 0.15) is 37.7 Å². The van der Waals surface area contributed by atoms with E-state index in [1.165, 1.54) is 37.7 Å². The van der Waals surface area contributed by atoms with Gasteiger partial charge in [-0.05, 0) is 24.8 Å². The molecule has 0 aromatic heterocycles. The van der Waals surface area contributed by atoms with Crippen molar-refractivity contribution in [2.45, 2.75) is 32.1 Å². The summed E-state index contributed by atoms with van der Waals surface area (Å²) >= 11 is 6.18. The van der Waals surface area contributed by atoms with Crippen LogP contribution < -0.4 is 4.74 Å². The van der Waals surface area contributed by atoms with E-state index in [-0.39, 0.29) is 0 Å². The highest BCUT2D eigenvalue weighted by atomic mass is 35.5. The minimum absolute atomic E-state index is 0.532. The second-order valence-corrected chi connectivity index (χ2v) is 5.59. The Labute approximate surface area is 127 Å². The van der Waals surface area contributed by atoms with Crippen molar-refractivity contribution in [1.82, 2.24) is 0 Å². The number of halogens is 1. The first-order chi connectivity index (χ1) is 9.85. The fourth-order valence-corrected chi connectivity index (χ4v) is 3.11. The molecule has 20 heavy (non-hydrogen) atoms. The zero-order valence-electron chi connectivity index (χ0n) is 12.0. The molecule has 2 heteroatoms. The Kier molecular flexibility index (Phi) is 6.20. The summed E-state index contributed by atoms with van der Waals surface area (Å²) in [5, 5.41) is 0. The zero-order valence-corrected chi connectivity index (χ0v) is 12.7. The van der Waals surface area contributed by atoms with Gasteiger partial charge in [-0.25, -0.2) is 0 Å². The van der Waals surface area contributed by atoms with E-state index < -0.39 is 0 Å². The zero-order chi connectivity index (χ0) is 14.2. The van der Waals surface area contributed by atoms with Crippen molar-refractivity contribution in [3.05, 3.63) is 48.1 Å². The Morgan fingerprint density at radius 2 is 2.00 bits per heavy atom. The summed E-state index contributed by atoms with van der Waals surface area (Å²) in [5.41, 5.74) is 2.47. The molecule has 1 aromatic carbocycles. The summed E-state index contributed by atoms with van der Waals surface area (Å²) in [5.74, 6) is 2.17. The van der Waals surface area contributed by atoms with E-state index in [0.717, 1.165) is 11.3 Å². The Hall–Kier alpha value is -1.21. The van der Waals surface area contributed by atoms with E-state index in [4.69, 9.17) is 16.3 Å². The van der Waals surface area contributed by atoms with Crippen LogP contribution in [0.25, 0.3) is 6.08 Å². The standard InChI is InChI=1S/C18H23ClO/c1-2-12-20-18-11-7-6-10-16(18)13-17(14-19)15-8-4-3-5-9-15/h2,6-7,10-11,13,15H,1,3-5,8-9,12,14H2/b17-13-. The quantitative estimate of drug-likeness (QED) is 0.500. The molecular formula is C18H23ClO. The van der Waals surface area contributed by atoms with Gasteiger partial charge in [-0.15, -0.1) is 11.6 Å². The molecule has 1 aliphatic carbocycles. The Morgan fingerprint density at radius 3 is 2.70 bits per heavy atom. The molecule has 0 radical (unpaired) electrons. The predicted octanol–water partition coefficient (Wildman–Crippen LogP) is 5.45. The Bertz CT molecular complexity index is 458. The molecular weight excluding hydrogens is 268 g/mol. The highest BCUT2D eigenvalue weighted by molar-refractivity contribution is 6.19. The number of hydrogen-bond donors (Lipinski definition) is 0. The smallest absolute Gasteiger partial charge is 0.126 e. The van der Waals surface area contributed by atoms with Crippen molar-refractivity contribution in [3.63, 3.8) is 0 Å². The van der Waals surface area contributed by atoms with Crippen molar-refractivity contribution in [2.75, 3.05) is 12.5 Å². The molecule has 0 aliphatic heterocycles. The van der Waals surface area contributed by atoms with Crippen molar-refractivity contribution < 1.29 is 4.74 Å². The highest BCUT2D eigenvalue weighted by Gasteiger charge is 2.17. The van der Waals surface area contributed by atoms with Crippen LogP contribution in [-0.2, 0) is 0 Å². The van der Waals surface area contributed by atoms with Gasteiger partial charge < -0.3 is 4.74 Å². The summed E-state index contributed by atoms with van der Waals surface area (Å²) in [6.07, 6.45) is 10.6. The van der Waals surface area contributed by atoms with Crippen molar-refractivity contribution in [3.8, 4) is 5.75 Å². The predicted molar refractivity (Wildman–Crippen MR) is 87.4 cm³/mol. The largest absolute Gasteiger partial charge is 0.489 e. The topological polar surface area (TPSA) is 9.23 Å².